The summed E-state index contributed by atoms with van der Waals surface area (Å²) in [6.45, 7) is 3.59. The average Bonchev–Trinajstić information content (AvgIpc) is 3.04. The Morgan fingerprint density at radius 2 is 1.35 bits per heavy atom. The minimum atomic E-state index is -0.664. The van der Waals surface area contributed by atoms with Gasteiger partial charge in [0.1, 0.15) is 0 Å². The van der Waals surface area contributed by atoms with E-state index < -0.39 is 5.41 Å². The number of hydrogen-bond donors (Lipinski definition) is 0. The summed E-state index contributed by atoms with van der Waals surface area (Å²) in [5, 5.41) is 4.19. The summed E-state index contributed by atoms with van der Waals surface area (Å²) in [6.07, 6.45) is 8.49. The molecule has 3 aromatic rings. The molecular formula is C25H27N5O. The lowest BCUT2D eigenvalue weighted by Crippen LogP contribution is -2.57. The highest BCUT2D eigenvalue weighted by Gasteiger charge is 2.52. The molecule has 6 nitrogen and oxygen atoms in total. The maximum atomic E-state index is 14.3. The number of fused-ring (bicyclic) bond motifs is 1. The van der Waals surface area contributed by atoms with Crippen molar-refractivity contribution in [1.82, 2.24) is 19.9 Å². The second-order valence-corrected chi connectivity index (χ2v) is 8.54. The molecule has 4 heterocycles. The van der Waals surface area contributed by atoms with E-state index in [2.05, 4.69) is 39.1 Å². The predicted octanol–water partition coefficient (Wildman–Crippen LogP) is 2.71. The molecular weight excluding hydrogens is 386 g/mol. The van der Waals surface area contributed by atoms with Gasteiger partial charge < -0.3 is 4.90 Å². The van der Waals surface area contributed by atoms with E-state index in [9.17, 15) is 4.79 Å². The second kappa shape index (κ2) is 8.21. The highest BCUT2D eigenvalue weighted by atomic mass is 16.2. The normalized spacial score (nSPS) is 18.9. The zero-order valence-electron chi connectivity index (χ0n) is 17.8. The average molecular weight is 414 g/mol. The number of pyridine rings is 2. The van der Waals surface area contributed by atoms with E-state index in [1.54, 1.807) is 24.8 Å². The Labute approximate surface area is 183 Å². The van der Waals surface area contributed by atoms with E-state index in [4.69, 9.17) is 0 Å². The molecule has 5 rings (SSSR count). The molecule has 0 saturated carbocycles. The first-order valence-electron chi connectivity index (χ1n) is 10.8. The van der Waals surface area contributed by atoms with Crippen LogP contribution in [0, 0.1) is 0 Å². The van der Waals surface area contributed by atoms with Crippen LogP contribution in [0.15, 0.2) is 73.3 Å². The number of benzene rings is 1. The Hall–Kier alpha value is -3.09. The third kappa shape index (κ3) is 3.62. The maximum absolute atomic E-state index is 14.3. The first-order chi connectivity index (χ1) is 15.2. The number of aromatic nitrogens is 2. The monoisotopic (exact) mass is 413 g/mol. The van der Waals surface area contributed by atoms with Crippen LogP contribution in [0.5, 0.6) is 0 Å². The third-order valence-electron chi connectivity index (χ3n) is 6.52. The Balaban J connectivity index is 1.61. The van der Waals surface area contributed by atoms with Crippen molar-refractivity contribution in [3.8, 4) is 0 Å². The van der Waals surface area contributed by atoms with E-state index in [1.165, 1.54) is 0 Å². The summed E-state index contributed by atoms with van der Waals surface area (Å²) >= 11 is 0. The number of para-hydroxylation sites is 1. The molecule has 0 radical (unpaired) electrons. The molecule has 0 aliphatic carbocycles. The summed E-state index contributed by atoms with van der Waals surface area (Å²) in [5.41, 5.74) is 3.69. The first kappa shape index (κ1) is 19.8. The number of nitrogens with zero attached hydrogens (tertiary/aromatic N) is 5. The van der Waals surface area contributed by atoms with Crippen LogP contribution < -0.4 is 5.01 Å². The molecule has 1 aromatic carbocycles. The number of likely N-dealkylation sites (N-methyl/N-ethyl adjacent to an activating group) is 1. The van der Waals surface area contributed by atoms with Gasteiger partial charge in [-0.1, -0.05) is 18.2 Å². The lowest BCUT2D eigenvalue weighted by Gasteiger charge is -2.39. The molecule has 6 heteroatoms. The van der Waals surface area contributed by atoms with Gasteiger partial charge in [-0.3, -0.25) is 14.8 Å². The summed E-state index contributed by atoms with van der Waals surface area (Å²) in [5.74, 6) is 0.159. The van der Waals surface area contributed by atoms with E-state index in [-0.39, 0.29) is 5.91 Å². The summed E-state index contributed by atoms with van der Waals surface area (Å²) < 4.78 is 0. The van der Waals surface area contributed by atoms with Gasteiger partial charge in [0.2, 0.25) is 0 Å². The largest absolute Gasteiger partial charge is 0.304 e. The number of piperazine rings is 1. The fraction of sp³-hybridized carbons (Fsp3) is 0.320. The quantitative estimate of drug-likeness (QED) is 0.644. The topological polar surface area (TPSA) is 52.6 Å². The molecule has 2 aromatic heterocycles. The van der Waals surface area contributed by atoms with E-state index >= 15 is 0 Å². The van der Waals surface area contributed by atoms with Crippen LogP contribution >= 0.6 is 0 Å². The van der Waals surface area contributed by atoms with Crippen molar-refractivity contribution in [2.75, 3.05) is 38.2 Å². The molecule has 2 aliphatic rings. The van der Waals surface area contributed by atoms with Gasteiger partial charge in [0.05, 0.1) is 11.1 Å². The van der Waals surface area contributed by atoms with Crippen LogP contribution in [0.25, 0.3) is 0 Å². The molecule has 31 heavy (non-hydrogen) atoms. The predicted molar refractivity (Wildman–Crippen MR) is 121 cm³/mol. The van der Waals surface area contributed by atoms with Crippen LogP contribution in [0.1, 0.15) is 16.7 Å². The first-order valence-corrected chi connectivity index (χ1v) is 10.8. The van der Waals surface area contributed by atoms with Crippen molar-refractivity contribution < 1.29 is 4.79 Å². The molecule has 1 saturated heterocycles. The van der Waals surface area contributed by atoms with Crippen LogP contribution in [0.3, 0.4) is 0 Å². The van der Waals surface area contributed by atoms with Gasteiger partial charge >= 0.3 is 0 Å². The Morgan fingerprint density at radius 1 is 0.806 bits per heavy atom. The zero-order chi connectivity index (χ0) is 21.3. The van der Waals surface area contributed by atoms with Crippen molar-refractivity contribution in [2.45, 2.75) is 18.3 Å². The molecule has 0 N–H and O–H groups in total. The molecule has 0 unspecified atom stereocenters. The van der Waals surface area contributed by atoms with Gasteiger partial charge in [-0.15, -0.1) is 0 Å². The number of anilines is 1. The van der Waals surface area contributed by atoms with Crippen molar-refractivity contribution >= 4 is 11.6 Å². The lowest BCUT2D eigenvalue weighted by atomic mass is 9.72. The number of hydrazine groups is 1. The van der Waals surface area contributed by atoms with Crippen molar-refractivity contribution in [1.29, 1.82) is 0 Å². The minimum absolute atomic E-state index is 0.159. The third-order valence-corrected chi connectivity index (χ3v) is 6.52. The molecule has 0 bridgehead atoms. The van der Waals surface area contributed by atoms with Gasteiger partial charge in [-0.25, -0.2) is 10.0 Å². The standard InChI is InChI=1S/C25H27N5O/c1-28-14-16-29(17-15-28)30-23-5-3-2-4-22(23)25(24(30)31,18-20-6-10-26-11-7-20)19-21-8-12-27-13-9-21/h2-13H,14-19H2,1H3. The number of carbonyl (C=O) groups is 1. The van der Waals surface area contributed by atoms with Crippen LogP contribution in [0.2, 0.25) is 0 Å². The molecule has 1 amide bonds. The Kier molecular flexibility index (Phi) is 5.26. The maximum Gasteiger partial charge on any atom is 0.252 e. The van der Waals surface area contributed by atoms with Gasteiger partial charge in [-0.2, -0.15) is 0 Å². The number of hydrogen-bond acceptors (Lipinski definition) is 5. The summed E-state index contributed by atoms with van der Waals surface area (Å²) in [4.78, 5) is 25.0. The molecule has 0 atom stereocenters. The van der Waals surface area contributed by atoms with E-state index in [0.29, 0.717) is 12.8 Å². The molecule has 1 fully saturated rings. The van der Waals surface area contributed by atoms with Crippen molar-refractivity contribution in [3.05, 3.63) is 90.0 Å². The van der Waals surface area contributed by atoms with Gasteiger partial charge in [0.15, 0.2) is 0 Å². The highest BCUT2D eigenvalue weighted by Crippen LogP contribution is 2.46. The fourth-order valence-corrected chi connectivity index (χ4v) is 4.87. The van der Waals surface area contributed by atoms with E-state index in [1.807, 2.05) is 41.4 Å². The second-order valence-electron chi connectivity index (χ2n) is 8.54. The van der Waals surface area contributed by atoms with Crippen LogP contribution in [-0.2, 0) is 23.1 Å². The zero-order valence-corrected chi connectivity index (χ0v) is 17.8. The summed E-state index contributed by atoms with van der Waals surface area (Å²) in [7, 11) is 2.13. The van der Waals surface area contributed by atoms with Gasteiger partial charge in [0.25, 0.3) is 5.91 Å². The van der Waals surface area contributed by atoms with Gasteiger partial charge in [-0.05, 0) is 66.9 Å². The lowest BCUT2D eigenvalue weighted by molar-refractivity contribution is -0.126. The molecule has 2 aliphatic heterocycles. The van der Waals surface area contributed by atoms with E-state index in [0.717, 1.165) is 48.6 Å². The Morgan fingerprint density at radius 3 is 1.94 bits per heavy atom. The van der Waals surface area contributed by atoms with Crippen molar-refractivity contribution in [3.63, 3.8) is 0 Å². The number of carbonyl (C=O) groups excluding carboxylic acids is 1. The smallest absolute Gasteiger partial charge is 0.252 e. The fourth-order valence-electron chi connectivity index (χ4n) is 4.87. The SMILES string of the molecule is CN1CCN(N2C(=O)C(Cc3ccncc3)(Cc3ccncc3)c3ccccc32)CC1. The summed E-state index contributed by atoms with van der Waals surface area (Å²) in [6, 6.07) is 16.4. The molecule has 0 spiro atoms. The highest BCUT2D eigenvalue weighted by molar-refractivity contribution is 6.08. The Bertz CT molecular complexity index is 1010. The van der Waals surface area contributed by atoms with Gasteiger partial charge in [0, 0.05) is 51.0 Å². The minimum Gasteiger partial charge on any atom is -0.304 e. The van der Waals surface area contributed by atoms with Crippen LogP contribution in [-0.4, -0.2) is 59.0 Å². The van der Waals surface area contributed by atoms with Crippen LogP contribution in [0.4, 0.5) is 5.69 Å². The number of amides is 1. The van der Waals surface area contributed by atoms with Crippen molar-refractivity contribution in [2.24, 2.45) is 0 Å². The number of rotatable bonds is 5. The molecule has 158 valence electrons.